The molecule has 1 aromatic rings. The van der Waals surface area contributed by atoms with Gasteiger partial charge in [0, 0.05) is 6.54 Å². The zero-order valence-electron chi connectivity index (χ0n) is 10.2. The number of benzene rings is 1. The Morgan fingerprint density at radius 1 is 1.58 bits per heavy atom. The van der Waals surface area contributed by atoms with Crippen LogP contribution in [0.1, 0.15) is 0 Å². The molecule has 19 heavy (non-hydrogen) atoms. The number of carbonyl (C=O) groups excluding carboxylic acids is 1. The summed E-state index contributed by atoms with van der Waals surface area (Å²) >= 11 is 0. The first-order valence-electron chi connectivity index (χ1n) is 5.77. The monoisotopic (exact) mass is 262 g/mol. The normalized spacial score (nSPS) is 18.0. The van der Waals surface area contributed by atoms with Gasteiger partial charge in [-0.2, -0.15) is 0 Å². The number of amides is 2. The van der Waals surface area contributed by atoms with Crippen molar-refractivity contribution >= 4 is 17.7 Å². The van der Waals surface area contributed by atoms with E-state index in [0.717, 1.165) is 0 Å². The van der Waals surface area contributed by atoms with Crippen molar-refractivity contribution in [2.75, 3.05) is 18.1 Å². The fraction of sp³-hybridized carbons (Fsp3) is 0.231. The zero-order valence-corrected chi connectivity index (χ0v) is 10.2. The molecule has 1 atom stereocenters. The molecule has 1 aliphatic rings. The second-order valence-corrected chi connectivity index (χ2v) is 4.02. The Morgan fingerprint density at radius 2 is 2.32 bits per heavy atom. The standard InChI is InChI=1S/C13H14N2O4/c1-2-7-15-10-5-3-4-6-11(10)19-8-9(12(15)16)14-13(17)18/h2-6,9,14H,1,7-8H2,(H,17,18)/t9-/m0/s1. The molecule has 6 heteroatoms. The molecule has 1 aliphatic heterocycles. The molecule has 0 aromatic heterocycles. The van der Waals surface area contributed by atoms with E-state index in [2.05, 4.69) is 11.9 Å². The number of nitrogens with zero attached hydrogens (tertiary/aromatic N) is 1. The molecular weight excluding hydrogens is 248 g/mol. The molecule has 1 aromatic carbocycles. The largest absolute Gasteiger partial charge is 0.489 e. The molecule has 0 saturated heterocycles. The Kier molecular flexibility index (Phi) is 3.70. The molecule has 0 aliphatic carbocycles. The smallest absolute Gasteiger partial charge is 0.405 e. The molecule has 6 nitrogen and oxygen atoms in total. The van der Waals surface area contributed by atoms with Gasteiger partial charge in [-0.25, -0.2) is 4.79 Å². The molecule has 0 saturated carbocycles. The van der Waals surface area contributed by atoms with Crippen molar-refractivity contribution in [2.24, 2.45) is 0 Å². The van der Waals surface area contributed by atoms with E-state index in [4.69, 9.17) is 9.84 Å². The van der Waals surface area contributed by atoms with Crippen molar-refractivity contribution < 1.29 is 19.4 Å². The molecule has 1 heterocycles. The number of rotatable bonds is 3. The molecule has 2 rings (SSSR count). The lowest BCUT2D eigenvalue weighted by Crippen LogP contribution is -2.50. The first kappa shape index (κ1) is 12.9. The molecule has 0 spiro atoms. The third kappa shape index (κ3) is 2.67. The SMILES string of the molecule is C=CCN1C(=O)[C@@H](NC(=O)O)COc2ccccc21. The Hall–Kier alpha value is -2.50. The Labute approximate surface area is 110 Å². The van der Waals surface area contributed by atoms with Gasteiger partial charge in [-0.1, -0.05) is 18.2 Å². The fourth-order valence-corrected chi connectivity index (χ4v) is 1.92. The van der Waals surface area contributed by atoms with Gasteiger partial charge in [0.2, 0.25) is 0 Å². The summed E-state index contributed by atoms with van der Waals surface area (Å²) in [5.74, 6) is 0.194. The van der Waals surface area contributed by atoms with Crippen LogP contribution in [0.5, 0.6) is 5.75 Å². The van der Waals surface area contributed by atoms with Gasteiger partial charge in [-0.05, 0) is 12.1 Å². The van der Waals surface area contributed by atoms with Crippen molar-refractivity contribution in [3.63, 3.8) is 0 Å². The number of hydrogen-bond acceptors (Lipinski definition) is 3. The van der Waals surface area contributed by atoms with Crippen LogP contribution in [-0.4, -0.2) is 36.3 Å². The second-order valence-electron chi connectivity index (χ2n) is 4.02. The number of ether oxygens (including phenoxy) is 1. The molecule has 0 bridgehead atoms. The van der Waals surface area contributed by atoms with E-state index in [1.807, 2.05) is 0 Å². The van der Waals surface area contributed by atoms with Crippen molar-refractivity contribution in [3.8, 4) is 5.75 Å². The van der Waals surface area contributed by atoms with Gasteiger partial charge >= 0.3 is 6.09 Å². The Balaban J connectivity index is 2.36. The summed E-state index contributed by atoms with van der Waals surface area (Å²) in [6.45, 7) is 3.86. The summed E-state index contributed by atoms with van der Waals surface area (Å²) in [5.41, 5.74) is 0.613. The van der Waals surface area contributed by atoms with Crippen LogP contribution in [0.2, 0.25) is 0 Å². The van der Waals surface area contributed by atoms with Gasteiger partial charge in [0.05, 0.1) is 5.69 Å². The quantitative estimate of drug-likeness (QED) is 0.803. The number of carbonyl (C=O) groups is 2. The first-order valence-corrected chi connectivity index (χ1v) is 5.77. The number of nitrogens with one attached hydrogen (secondary N) is 1. The van der Waals surface area contributed by atoms with Gasteiger partial charge in [-0.3, -0.25) is 4.79 Å². The lowest BCUT2D eigenvalue weighted by molar-refractivity contribution is -0.120. The van der Waals surface area contributed by atoms with Crippen molar-refractivity contribution in [3.05, 3.63) is 36.9 Å². The molecule has 0 radical (unpaired) electrons. The average molecular weight is 262 g/mol. The average Bonchev–Trinajstić information content (AvgIpc) is 2.51. The molecule has 100 valence electrons. The van der Waals surface area contributed by atoms with Crippen molar-refractivity contribution in [1.82, 2.24) is 5.32 Å². The van der Waals surface area contributed by atoms with Crippen LogP contribution in [0.4, 0.5) is 10.5 Å². The van der Waals surface area contributed by atoms with E-state index in [9.17, 15) is 9.59 Å². The van der Waals surface area contributed by atoms with Crippen LogP contribution in [0.25, 0.3) is 0 Å². The van der Waals surface area contributed by atoms with Gasteiger partial charge in [0.25, 0.3) is 5.91 Å². The van der Waals surface area contributed by atoms with E-state index in [1.54, 1.807) is 30.3 Å². The molecular formula is C13H14N2O4. The van der Waals surface area contributed by atoms with Gasteiger partial charge in [0.15, 0.2) is 0 Å². The van der Waals surface area contributed by atoms with Crippen LogP contribution in [0, 0.1) is 0 Å². The van der Waals surface area contributed by atoms with E-state index in [-0.39, 0.29) is 19.1 Å². The highest BCUT2D eigenvalue weighted by molar-refractivity contribution is 6.00. The number of anilines is 1. The summed E-state index contributed by atoms with van der Waals surface area (Å²) < 4.78 is 5.49. The number of hydrogen-bond donors (Lipinski definition) is 2. The second kappa shape index (κ2) is 5.43. The Morgan fingerprint density at radius 3 is 3.00 bits per heavy atom. The predicted molar refractivity (Wildman–Crippen MR) is 69.4 cm³/mol. The van der Waals surface area contributed by atoms with Gasteiger partial charge in [-0.15, -0.1) is 6.58 Å². The number of fused-ring (bicyclic) bond motifs is 1. The molecule has 0 unspecified atom stereocenters. The maximum Gasteiger partial charge on any atom is 0.405 e. The highest BCUT2D eigenvalue weighted by Gasteiger charge is 2.31. The van der Waals surface area contributed by atoms with E-state index in [0.29, 0.717) is 11.4 Å². The van der Waals surface area contributed by atoms with E-state index in [1.165, 1.54) is 4.90 Å². The predicted octanol–water partition coefficient (Wildman–Crippen LogP) is 1.23. The lowest BCUT2D eigenvalue weighted by atomic mass is 10.2. The third-order valence-corrected chi connectivity index (χ3v) is 2.74. The van der Waals surface area contributed by atoms with Crippen LogP contribution in [0.15, 0.2) is 36.9 Å². The summed E-state index contributed by atoms with van der Waals surface area (Å²) in [6, 6.07) is 6.14. The summed E-state index contributed by atoms with van der Waals surface area (Å²) in [5, 5.41) is 10.9. The maximum absolute atomic E-state index is 12.3. The minimum absolute atomic E-state index is 0.0320. The van der Waals surface area contributed by atoms with Gasteiger partial charge in [0.1, 0.15) is 18.4 Å². The first-order chi connectivity index (χ1) is 9.13. The van der Waals surface area contributed by atoms with Crippen LogP contribution in [-0.2, 0) is 4.79 Å². The minimum Gasteiger partial charge on any atom is -0.489 e. The van der Waals surface area contributed by atoms with E-state index < -0.39 is 12.1 Å². The molecule has 2 N–H and O–H groups in total. The highest BCUT2D eigenvalue weighted by Crippen LogP contribution is 2.30. The Bertz CT molecular complexity index is 515. The van der Waals surface area contributed by atoms with Crippen molar-refractivity contribution in [2.45, 2.75) is 6.04 Å². The van der Waals surface area contributed by atoms with Crippen LogP contribution in [0.3, 0.4) is 0 Å². The lowest BCUT2D eigenvalue weighted by Gasteiger charge is -2.22. The number of carboxylic acid groups (broad SMARTS) is 1. The van der Waals surface area contributed by atoms with E-state index >= 15 is 0 Å². The summed E-state index contributed by atoms with van der Waals surface area (Å²) in [4.78, 5) is 24.5. The molecule has 0 fully saturated rings. The maximum atomic E-state index is 12.3. The summed E-state index contributed by atoms with van der Waals surface area (Å²) in [6.07, 6.45) is 0.323. The van der Waals surface area contributed by atoms with Crippen molar-refractivity contribution in [1.29, 1.82) is 0 Å². The molecule has 2 amide bonds. The zero-order chi connectivity index (χ0) is 13.8. The van der Waals surface area contributed by atoms with Gasteiger partial charge < -0.3 is 20.1 Å². The fourth-order valence-electron chi connectivity index (χ4n) is 1.92. The number of para-hydroxylation sites is 2. The highest BCUT2D eigenvalue weighted by atomic mass is 16.5. The summed E-state index contributed by atoms with van der Waals surface area (Å²) in [7, 11) is 0. The van der Waals surface area contributed by atoms with Crippen LogP contribution >= 0.6 is 0 Å². The third-order valence-electron chi connectivity index (χ3n) is 2.74. The van der Waals surface area contributed by atoms with Crippen LogP contribution < -0.4 is 15.0 Å². The topological polar surface area (TPSA) is 78.9 Å². The minimum atomic E-state index is -1.26.